The molecule has 4 rings (SSSR count). The molecule has 196 valence electrons. The van der Waals surface area contributed by atoms with Crippen molar-refractivity contribution in [2.24, 2.45) is 0 Å². The zero-order valence-electron chi connectivity index (χ0n) is 19.4. The van der Waals surface area contributed by atoms with E-state index in [0.29, 0.717) is 37.9 Å². The van der Waals surface area contributed by atoms with Crippen LogP contribution in [-0.2, 0) is 27.4 Å². The number of hydrogen-bond acceptors (Lipinski definition) is 4. The molecule has 2 N–H and O–H groups in total. The molecule has 0 aromatic heterocycles. The minimum Gasteiger partial charge on any atom is -0.449 e. The standard InChI is InChI=1S/C25H26F6N2O3/c1-16(17-11-19(24(26,27)28)13-20(12-17)25(29,30)31)36-15-23(18-5-3-2-4-6-18)8-7-22(14-32-23)9-10-35-21(34)33-22/h2-6,11-13,16,32H,7-10,14-15H2,1H3,(H,33,34)/t16-,22-,23-/m1/s1. The predicted octanol–water partition coefficient (Wildman–Crippen LogP) is 5.95. The van der Waals surface area contributed by atoms with Crippen LogP contribution in [0, 0.1) is 0 Å². The van der Waals surface area contributed by atoms with E-state index in [1.807, 2.05) is 30.3 Å². The van der Waals surface area contributed by atoms with E-state index in [9.17, 15) is 31.1 Å². The van der Waals surface area contributed by atoms with Gasteiger partial charge < -0.3 is 20.1 Å². The average molecular weight is 516 g/mol. The van der Waals surface area contributed by atoms with Crippen molar-refractivity contribution < 1.29 is 40.6 Å². The van der Waals surface area contributed by atoms with Gasteiger partial charge in [0, 0.05) is 13.0 Å². The topological polar surface area (TPSA) is 59.6 Å². The van der Waals surface area contributed by atoms with Crippen molar-refractivity contribution in [3.05, 3.63) is 70.8 Å². The van der Waals surface area contributed by atoms with Gasteiger partial charge in [-0.25, -0.2) is 4.79 Å². The van der Waals surface area contributed by atoms with E-state index in [0.717, 1.165) is 5.56 Å². The van der Waals surface area contributed by atoms with Gasteiger partial charge in [-0.3, -0.25) is 0 Å². The van der Waals surface area contributed by atoms with Crippen LogP contribution in [0.25, 0.3) is 0 Å². The van der Waals surface area contributed by atoms with Crippen LogP contribution in [0.15, 0.2) is 48.5 Å². The fraction of sp³-hybridized carbons (Fsp3) is 0.480. The Bertz CT molecular complexity index is 1050. The molecule has 2 aliphatic rings. The fourth-order valence-electron chi connectivity index (χ4n) is 4.73. The van der Waals surface area contributed by atoms with Crippen LogP contribution >= 0.6 is 0 Å². The Labute approximate surface area is 204 Å². The molecule has 2 aromatic carbocycles. The first-order valence-electron chi connectivity index (χ1n) is 11.5. The molecule has 5 nitrogen and oxygen atoms in total. The molecule has 36 heavy (non-hydrogen) atoms. The molecule has 2 heterocycles. The Morgan fingerprint density at radius 2 is 1.61 bits per heavy atom. The summed E-state index contributed by atoms with van der Waals surface area (Å²) in [7, 11) is 0. The van der Waals surface area contributed by atoms with Crippen LogP contribution in [0.1, 0.15) is 54.5 Å². The van der Waals surface area contributed by atoms with Gasteiger partial charge in [0.25, 0.3) is 0 Å². The van der Waals surface area contributed by atoms with Crippen molar-refractivity contribution >= 4 is 6.09 Å². The summed E-state index contributed by atoms with van der Waals surface area (Å²) in [5.41, 5.74) is -3.36. The van der Waals surface area contributed by atoms with E-state index in [-0.39, 0.29) is 24.8 Å². The summed E-state index contributed by atoms with van der Waals surface area (Å²) in [5, 5.41) is 6.33. The summed E-state index contributed by atoms with van der Waals surface area (Å²) in [5.74, 6) is 0. The van der Waals surface area contributed by atoms with Gasteiger partial charge >= 0.3 is 18.4 Å². The average Bonchev–Trinajstić information content (AvgIpc) is 2.83. The Kier molecular flexibility index (Phi) is 7.00. The summed E-state index contributed by atoms with van der Waals surface area (Å²) >= 11 is 0. The lowest BCUT2D eigenvalue weighted by Crippen LogP contribution is -2.66. The Balaban J connectivity index is 1.57. The summed E-state index contributed by atoms with van der Waals surface area (Å²) in [6.07, 6.45) is -9.70. The highest BCUT2D eigenvalue weighted by Crippen LogP contribution is 2.40. The number of cyclic esters (lactones) is 1. The van der Waals surface area contributed by atoms with Crippen LogP contribution in [0.4, 0.5) is 31.1 Å². The van der Waals surface area contributed by atoms with Gasteiger partial charge in [0.05, 0.1) is 41.5 Å². The highest BCUT2D eigenvalue weighted by molar-refractivity contribution is 5.69. The number of ether oxygens (including phenoxy) is 2. The van der Waals surface area contributed by atoms with Gasteiger partial charge in [0.15, 0.2) is 0 Å². The summed E-state index contributed by atoms with van der Waals surface area (Å²) in [4.78, 5) is 11.8. The number of piperidine rings is 1. The van der Waals surface area contributed by atoms with Crippen LogP contribution < -0.4 is 10.6 Å². The molecular formula is C25H26F6N2O3. The minimum atomic E-state index is -4.94. The second-order valence-electron chi connectivity index (χ2n) is 9.39. The number of rotatable bonds is 5. The SMILES string of the molecule is C[C@@H](OC[C@@]1(c2ccccc2)CC[C@@]2(CCOC(=O)N2)CN1)c1cc(C(F)(F)F)cc(C(F)(F)F)c1. The van der Waals surface area contributed by atoms with Crippen molar-refractivity contribution in [2.75, 3.05) is 19.8 Å². The first-order chi connectivity index (χ1) is 16.8. The van der Waals surface area contributed by atoms with Crippen molar-refractivity contribution in [3.63, 3.8) is 0 Å². The lowest BCUT2D eigenvalue weighted by Gasteiger charge is -2.49. The molecule has 2 saturated heterocycles. The maximum Gasteiger partial charge on any atom is 0.416 e. The van der Waals surface area contributed by atoms with E-state index in [4.69, 9.17) is 9.47 Å². The number of alkyl carbamates (subject to hydrolysis) is 1. The number of carbonyl (C=O) groups is 1. The van der Waals surface area contributed by atoms with Gasteiger partial charge in [-0.15, -0.1) is 0 Å². The molecule has 11 heteroatoms. The fourth-order valence-corrected chi connectivity index (χ4v) is 4.73. The van der Waals surface area contributed by atoms with E-state index in [1.165, 1.54) is 6.92 Å². The van der Waals surface area contributed by atoms with Gasteiger partial charge in [-0.2, -0.15) is 26.3 Å². The molecule has 2 aliphatic heterocycles. The third-order valence-electron chi connectivity index (χ3n) is 6.96. The zero-order valence-corrected chi connectivity index (χ0v) is 19.4. The molecule has 3 atom stereocenters. The normalized spacial score (nSPS) is 25.8. The minimum absolute atomic E-state index is 0.00367. The molecular weight excluding hydrogens is 490 g/mol. The lowest BCUT2D eigenvalue weighted by molar-refractivity contribution is -0.143. The first-order valence-corrected chi connectivity index (χ1v) is 11.5. The number of nitrogens with one attached hydrogen (secondary N) is 2. The number of amides is 1. The third-order valence-corrected chi connectivity index (χ3v) is 6.96. The van der Waals surface area contributed by atoms with E-state index >= 15 is 0 Å². The summed E-state index contributed by atoms with van der Waals surface area (Å²) in [6.45, 7) is 2.11. The molecule has 0 unspecified atom stereocenters. The quantitative estimate of drug-likeness (QED) is 0.483. The number of carbonyl (C=O) groups excluding carboxylic acids is 1. The molecule has 2 aromatic rings. The van der Waals surface area contributed by atoms with Crippen LogP contribution in [-0.4, -0.2) is 31.4 Å². The maximum absolute atomic E-state index is 13.3. The molecule has 0 aliphatic carbocycles. The predicted molar refractivity (Wildman–Crippen MR) is 118 cm³/mol. The van der Waals surface area contributed by atoms with Crippen LogP contribution in [0.3, 0.4) is 0 Å². The van der Waals surface area contributed by atoms with Crippen LogP contribution in [0.5, 0.6) is 0 Å². The number of benzene rings is 2. The van der Waals surface area contributed by atoms with Gasteiger partial charge in [0.1, 0.15) is 0 Å². The van der Waals surface area contributed by atoms with Gasteiger partial charge in [-0.1, -0.05) is 30.3 Å². The van der Waals surface area contributed by atoms with Gasteiger partial charge in [0.2, 0.25) is 0 Å². The van der Waals surface area contributed by atoms with Crippen molar-refractivity contribution in [3.8, 4) is 0 Å². The first kappa shape index (κ1) is 26.3. The highest BCUT2D eigenvalue weighted by Gasteiger charge is 2.46. The maximum atomic E-state index is 13.3. The van der Waals surface area contributed by atoms with Gasteiger partial charge in [-0.05, 0) is 49.1 Å². The Morgan fingerprint density at radius 3 is 2.14 bits per heavy atom. The van der Waals surface area contributed by atoms with Crippen molar-refractivity contribution in [1.82, 2.24) is 10.6 Å². The van der Waals surface area contributed by atoms with E-state index in [2.05, 4.69) is 10.6 Å². The molecule has 0 bridgehead atoms. The largest absolute Gasteiger partial charge is 0.449 e. The molecule has 0 radical (unpaired) electrons. The second kappa shape index (κ2) is 9.59. The van der Waals surface area contributed by atoms with Crippen LogP contribution in [0.2, 0.25) is 0 Å². The van der Waals surface area contributed by atoms with E-state index in [1.54, 1.807) is 0 Å². The third kappa shape index (κ3) is 5.62. The monoisotopic (exact) mass is 516 g/mol. The van der Waals surface area contributed by atoms with Crippen molar-refractivity contribution in [1.29, 1.82) is 0 Å². The van der Waals surface area contributed by atoms with E-state index < -0.39 is 46.8 Å². The zero-order chi connectivity index (χ0) is 26.2. The second-order valence-corrected chi connectivity index (χ2v) is 9.39. The summed E-state index contributed by atoms with van der Waals surface area (Å²) in [6, 6.07) is 10.8. The highest BCUT2D eigenvalue weighted by atomic mass is 19.4. The summed E-state index contributed by atoms with van der Waals surface area (Å²) < 4.78 is 90.7. The number of alkyl halides is 6. The Morgan fingerprint density at radius 1 is 0.972 bits per heavy atom. The molecule has 1 amide bonds. The Hall–Kier alpha value is -2.79. The molecule has 2 fully saturated rings. The molecule has 0 saturated carbocycles. The molecule has 1 spiro atoms. The van der Waals surface area contributed by atoms with Crippen molar-refractivity contribution in [2.45, 2.75) is 55.7 Å². The number of hydrogen-bond donors (Lipinski definition) is 2. The smallest absolute Gasteiger partial charge is 0.416 e. The number of halogens is 6. The lowest BCUT2D eigenvalue weighted by atomic mass is 9.75.